The molecule has 0 saturated carbocycles. The standard InChI is InChI=1S/C17H18N2O6.C13H18N4O3/c1-9-13(16(20)24-3)15(14(10(2)18-9)17(21)25-4)11-7-5-6-8-12(11)19(22)23;1-9(18)6-4-5-7-17-12(19)10-11(14-8-15(10)2)16(3)13(17)20/h5-8,15,18H,1-4H3;8H,4-7H2,1-3H3. The molecule has 0 saturated heterocycles. The Labute approximate surface area is 257 Å². The summed E-state index contributed by atoms with van der Waals surface area (Å²) in [5.41, 5.74) is 1.30. The number of imidazole rings is 1. The van der Waals surface area contributed by atoms with Gasteiger partial charge in [-0.05, 0) is 33.6 Å². The van der Waals surface area contributed by atoms with Gasteiger partial charge in [0.25, 0.3) is 11.2 Å². The molecular formula is C30H36N6O9. The lowest BCUT2D eigenvalue weighted by Crippen LogP contribution is -2.39. The summed E-state index contributed by atoms with van der Waals surface area (Å²) < 4.78 is 13.9. The highest BCUT2D eigenvalue weighted by Gasteiger charge is 2.40. The van der Waals surface area contributed by atoms with Crippen LogP contribution in [-0.2, 0) is 44.5 Å². The van der Waals surface area contributed by atoms with Crippen molar-refractivity contribution >= 4 is 34.6 Å². The fraction of sp³-hybridized carbons (Fsp3) is 0.400. The molecule has 0 aliphatic carbocycles. The van der Waals surface area contributed by atoms with Gasteiger partial charge in [-0.1, -0.05) is 18.2 Å². The summed E-state index contributed by atoms with van der Waals surface area (Å²) in [6.07, 6.45) is 3.29. The largest absolute Gasteiger partial charge is 0.466 e. The van der Waals surface area contributed by atoms with Crippen LogP contribution in [0.15, 0.2) is 62.7 Å². The van der Waals surface area contributed by atoms with Crippen molar-refractivity contribution in [2.75, 3.05) is 14.2 Å². The van der Waals surface area contributed by atoms with E-state index in [-0.39, 0.29) is 39.4 Å². The van der Waals surface area contributed by atoms with E-state index in [0.717, 1.165) is 0 Å². The number of Topliss-reactive ketones (excluding diaryl/α,β-unsaturated/α-hetero) is 1. The van der Waals surface area contributed by atoms with Crippen LogP contribution in [0, 0.1) is 10.1 Å². The van der Waals surface area contributed by atoms with E-state index >= 15 is 0 Å². The van der Waals surface area contributed by atoms with Crippen LogP contribution in [0.5, 0.6) is 0 Å². The Morgan fingerprint density at radius 2 is 1.58 bits per heavy atom. The molecule has 0 fully saturated rings. The molecule has 45 heavy (non-hydrogen) atoms. The Kier molecular flexibility index (Phi) is 10.9. The summed E-state index contributed by atoms with van der Waals surface area (Å²) in [5.74, 6) is -2.21. The van der Waals surface area contributed by atoms with Gasteiger partial charge < -0.3 is 24.2 Å². The number of ketones is 1. The van der Waals surface area contributed by atoms with Crippen molar-refractivity contribution < 1.29 is 28.8 Å². The minimum absolute atomic E-state index is 0.118. The Morgan fingerprint density at radius 3 is 2.11 bits per heavy atom. The number of dihydropyridines is 1. The van der Waals surface area contributed by atoms with E-state index in [0.29, 0.717) is 48.4 Å². The number of nitrogens with one attached hydrogen (secondary N) is 1. The lowest BCUT2D eigenvalue weighted by molar-refractivity contribution is -0.385. The normalized spacial score (nSPS) is 13.2. The number of carbonyl (C=O) groups is 3. The molecule has 0 spiro atoms. The molecular weight excluding hydrogens is 588 g/mol. The van der Waals surface area contributed by atoms with Gasteiger partial charge >= 0.3 is 17.6 Å². The summed E-state index contributed by atoms with van der Waals surface area (Å²) in [6, 6.07) is 5.97. The van der Waals surface area contributed by atoms with Gasteiger partial charge in [-0.3, -0.25) is 24.0 Å². The van der Waals surface area contributed by atoms with Crippen molar-refractivity contribution in [3.8, 4) is 0 Å². The third-order valence-electron chi connectivity index (χ3n) is 7.38. The number of ether oxygens (including phenoxy) is 2. The van der Waals surface area contributed by atoms with Crippen LogP contribution in [0.1, 0.15) is 51.5 Å². The van der Waals surface area contributed by atoms with Gasteiger partial charge in [0.2, 0.25) is 0 Å². The Hall–Kier alpha value is -5.34. The minimum Gasteiger partial charge on any atom is -0.466 e. The first-order chi connectivity index (χ1) is 21.3. The van der Waals surface area contributed by atoms with Crippen molar-refractivity contribution in [3.05, 3.63) is 89.6 Å². The highest BCUT2D eigenvalue weighted by Crippen LogP contribution is 2.42. The molecule has 240 valence electrons. The van der Waals surface area contributed by atoms with Crippen molar-refractivity contribution in [1.82, 2.24) is 24.0 Å². The third kappa shape index (κ3) is 7.08. The number of unbranched alkanes of at least 4 members (excludes halogenated alkanes) is 1. The topological polar surface area (TPSA) is 187 Å². The Morgan fingerprint density at radius 1 is 1.00 bits per heavy atom. The van der Waals surface area contributed by atoms with E-state index in [9.17, 15) is 34.1 Å². The molecule has 0 amide bonds. The highest BCUT2D eigenvalue weighted by molar-refractivity contribution is 6.00. The number of carbonyl (C=O) groups excluding carboxylic acids is 3. The number of hydrogen-bond acceptors (Lipinski definition) is 11. The number of nitro benzene ring substituents is 1. The van der Waals surface area contributed by atoms with Gasteiger partial charge in [0.15, 0.2) is 11.2 Å². The van der Waals surface area contributed by atoms with E-state index < -0.39 is 22.8 Å². The van der Waals surface area contributed by atoms with Gasteiger partial charge in [0.1, 0.15) is 5.78 Å². The van der Waals surface area contributed by atoms with Crippen LogP contribution in [-0.4, -0.2) is 55.6 Å². The fourth-order valence-electron chi connectivity index (χ4n) is 5.20. The zero-order valence-electron chi connectivity index (χ0n) is 26.2. The monoisotopic (exact) mass is 624 g/mol. The summed E-state index contributed by atoms with van der Waals surface area (Å²) in [5, 5.41) is 14.4. The first-order valence-corrected chi connectivity index (χ1v) is 13.9. The Bertz CT molecular complexity index is 1810. The molecule has 1 aromatic carbocycles. The van der Waals surface area contributed by atoms with Crippen LogP contribution in [0.3, 0.4) is 0 Å². The lowest BCUT2D eigenvalue weighted by atomic mass is 9.79. The summed E-state index contributed by atoms with van der Waals surface area (Å²) in [4.78, 5) is 75.0. The Balaban J connectivity index is 0.000000251. The maximum atomic E-state index is 12.3. The van der Waals surface area contributed by atoms with Gasteiger partial charge in [0, 0.05) is 50.1 Å². The molecule has 15 nitrogen and oxygen atoms in total. The maximum absolute atomic E-state index is 12.3. The number of allylic oxidation sites excluding steroid dienone is 2. The van der Waals surface area contributed by atoms with Crippen molar-refractivity contribution in [3.63, 3.8) is 0 Å². The number of esters is 2. The van der Waals surface area contributed by atoms with Gasteiger partial charge in [0.05, 0.1) is 42.5 Å². The number of aromatic nitrogens is 4. The summed E-state index contributed by atoms with van der Waals surface area (Å²) >= 11 is 0. The number of hydrogen-bond donors (Lipinski definition) is 1. The number of nitrogens with zero attached hydrogens (tertiary/aromatic N) is 5. The zero-order chi connectivity index (χ0) is 33.6. The molecule has 4 rings (SSSR count). The number of nitro groups is 1. The number of rotatable bonds is 9. The molecule has 3 heterocycles. The highest BCUT2D eigenvalue weighted by atomic mass is 16.6. The van der Waals surface area contributed by atoms with Crippen LogP contribution in [0.4, 0.5) is 5.69 Å². The number of fused-ring (bicyclic) bond motifs is 1. The minimum atomic E-state index is -0.970. The van der Waals surface area contributed by atoms with Crippen LogP contribution in [0.25, 0.3) is 11.2 Å². The number of para-hydroxylation sites is 1. The second-order valence-electron chi connectivity index (χ2n) is 10.4. The number of aryl methyl sites for hydroxylation is 2. The first kappa shape index (κ1) is 34.2. The maximum Gasteiger partial charge on any atom is 0.336 e. The fourth-order valence-corrected chi connectivity index (χ4v) is 5.20. The third-order valence-corrected chi connectivity index (χ3v) is 7.38. The molecule has 0 atom stereocenters. The predicted molar refractivity (Wildman–Crippen MR) is 163 cm³/mol. The molecule has 2 aromatic heterocycles. The summed E-state index contributed by atoms with van der Waals surface area (Å²) in [7, 11) is 5.74. The molecule has 3 aromatic rings. The van der Waals surface area contributed by atoms with Crippen molar-refractivity contribution in [2.45, 2.75) is 52.5 Å². The van der Waals surface area contributed by atoms with E-state index in [1.165, 1.54) is 54.8 Å². The quantitative estimate of drug-likeness (QED) is 0.159. The van der Waals surface area contributed by atoms with E-state index in [1.54, 1.807) is 38.6 Å². The van der Waals surface area contributed by atoms with Gasteiger partial charge in [-0.15, -0.1) is 0 Å². The second-order valence-corrected chi connectivity index (χ2v) is 10.4. The molecule has 1 aliphatic rings. The van der Waals surface area contributed by atoms with Crippen LogP contribution < -0.4 is 16.6 Å². The molecule has 1 aliphatic heterocycles. The summed E-state index contributed by atoms with van der Waals surface area (Å²) in [6.45, 7) is 5.14. The van der Waals surface area contributed by atoms with Gasteiger partial charge in [-0.2, -0.15) is 0 Å². The zero-order valence-corrected chi connectivity index (χ0v) is 26.2. The van der Waals surface area contributed by atoms with Crippen LogP contribution >= 0.6 is 0 Å². The molecule has 0 unspecified atom stereocenters. The SMILES string of the molecule is CC(=O)CCCCn1c(=O)c2c(ncn2C)n(C)c1=O.COC(=O)C1=C(C)NC(C)=C(C(=O)OC)C1c1ccccc1[N+](=O)[O-]. The van der Waals surface area contributed by atoms with E-state index in [4.69, 9.17) is 9.47 Å². The smallest absolute Gasteiger partial charge is 0.336 e. The molecule has 15 heteroatoms. The van der Waals surface area contributed by atoms with Crippen molar-refractivity contribution in [2.24, 2.45) is 14.1 Å². The van der Waals surface area contributed by atoms with Crippen LogP contribution in [0.2, 0.25) is 0 Å². The number of benzene rings is 1. The molecule has 0 radical (unpaired) electrons. The number of methoxy groups -OCH3 is 2. The second kappa shape index (κ2) is 14.4. The average molecular weight is 625 g/mol. The van der Waals surface area contributed by atoms with Crippen molar-refractivity contribution in [1.29, 1.82) is 0 Å². The predicted octanol–water partition coefficient (Wildman–Crippen LogP) is 2.37. The lowest BCUT2D eigenvalue weighted by Gasteiger charge is -2.29. The van der Waals surface area contributed by atoms with E-state index in [1.807, 2.05) is 0 Å². The van der Waals surface area contributed by atoms with Gasteiger partial charge in [-0.25, -0.2) is 19.4 Å². The first-order valence-electron chi connectivity index (χ1n) is 13.9. The molecule has 1 N–H and O–H groups in total. The van der Waals surface area contributed by atoms with E-state index in [2.05, 4.69) is 10.3 Å². The average Bonchev–Trinajstić information content (AvgIpc) is 3.40. The molecule has 0 bridgehead atoms.